The SMILES string of the molecule is CC(CC(F)(F)F)Nc1nnc(C(C)N)o1. The molecule has 5 nitrogen and oxygen atoms in total. The summed E-state index contributed by atoms with van der Waals surface area (Å²) in [6.45, 7) is 3.01. The lowest BCUT2D eigenvalue weighted by Gasteiger charge is -2.13. The van der Waals surface area contributed by atoms with Gasteiger partial charge in [0.05, 0.1) is 12.5 Å². The third-order valence-corrected chi connectivity index (χ3v) is 1.74. The van der Waals surface area contributed by atoms with Crippen LogP contribution in [0.2, 0.25) is 0 Å². The zero-order valence-electron chi connectivity index (χ0n) is 8.88. The molecule has 0 saturated heterocycles. The molecule has 0 aliphatic carbocycles. The van der Waals surface area contributed by atoms with E-state index in [4.69, 9.17) is 10.2 Å². The fraction of sp³-hybridized carbons (Fsp3) is 0.750. The Bertz CT molecular complexity index is 336. The molecule has 1 aromatic rings. The predicted octanol–water partition coefficient (Wildman–Crippen LogP) is 1.84. The maximum atomic E-state index is 12.0. The Kier molecular flexibility index (Phi) is 3.74. The van der Waals surface area contributed by atoms with Gasteiger partial charge in [0.15, 0.2) is 0 Å². The number of nitrogens with two attached hydrogens (primary N) is 1. The summed E-state index contributed by atoms with van der Waals surface area (Å²) in [5.74, 6) is 0.182. The first-order valence-electron chi connectivity index (χ1n) is 4.70. The molecule has 1 aromatic heterocycles. The van der Waals surface area contributed by atoms with E-state index in [-0.39, 0.29) is 11.9 Å². The summed E-state index contributed by atoms with van der Waals surface area (Å²) in [6, 6.07) is -1.33. The van der Waals surface area contributed by atoms with Crippen LogP contribution in [0.1, 0.15) is 32.2 Å². The Hall–Kier alpha value is -1.31. The van der Waals surface area contributed by atoms with Crippen LogP contribution in [-0.4, -0.2) is 22.4 Å². The van der Waals surface area contributed by atoms with Crippen LogP contribution in [0.4, 0.5) is 19.2 Å². The number of rotatable bonds is 4. The van der Waals surface area contributed by atoms with Crippen molar-refractivity contribution in [1.29, 1.82) is 0 Å². The van der Waals surface area contributed by atoms with Gasteiger partial charge in [-0.25, -0.2) is 0 Å². The lowest BCUT2D eigenvalue weighted by molar-refractivity contribution is -0.136. The van der Waals surface area contributed by atoms with Crippen molar-refractivity contribution in [3.8, 4) is 0 Å². The molecule has 2 unspecified atom stereocenters. The van der Waals surface area contributed by atoms with E-state index in [1.165, 1.54) is 6.92 Å². The van der Waals surface area contributed by atoms with Gasteiger partial charge in [0.25, 0.3) is 0 Å². The van der Waals surface area contributed by atoms with Gasteiger partial charge >= 0.3 is 12.2 Å². The van der Waals surface area contributed by atoms with Gasteiger partial charge < -0.3 is 15.5 Å². The number of nitrogens with zero attached hydrogens (tertiary/aromatic N) is 2. The summed E-state index contributed by atoms with van der Waals surface area (Å²) in [5.41, 5.74) is 5.46. The van der Waals surface area contributed by atoms with Crippen molar-refractivity contribution >= 4 is 6.01 Å². The van der Waals surface area contributed by atoms with Crippen LogP contribution in [0.3, 0.4) is 0 Å². The molecule has 0 radical (unpaired) electrons. The number of anilines is 1. The number of hydrogen-bond donors (Lipinski definition) is 2. The van der Waals surface area contributed by atoms with Crippen LogP contribution < -0.4 is 11.1 Å². The average Bonchev–Trinajstić information content (AvgIpc) is 2.48. The van der Waals surface area contributed by atoms with Crippen LogP contribution in [0, 0.1) is 0 Å². The highest BCUT2D eigenvalue weighted by Crippen LogP contribution is 2.23. The predicted molar refractivity (Wildman–Crippen MR) is 50.7 cm³/mol. The van der Waals surface area contributed by atoms with Crippen molar-refractivity contribution < 1.29 is 17.6 Å². The highest BCUT2D eigenvalue weighted by Gasteiger charge is 2.30. The number of hydrogen-bond acceptors (Lipinski definition) is 5. The summed E-state index contributed by atoms with van der Waals surface area (Å²) in [6.07, 6.45) is -5.20. The molecular weight excluding hydrogens is 225 g/mol. The van der Waals surface area contributed by atoms with Gasteiger partial charge in [0.2, 0.25) is 5.89 Å². The highest BCUT2D eigenvalue weighted by atomic mass is 19.4. The fourth-order valence-corrected chi connectivity index (χ4v) is 1.09. The molecule has 3 N–H and O–H groups in total. The Balaban J connectivity index is 2.53. The lowest BCUT2D eigenvalue weighted by atomic mass is 10.2. The van der Waals surface area contributed by atoms with E-state index in [1.54, 1.807) is 6.92 Å². The van der Waals surface area contributed by atoms with Gasteiger partial charge in [0, 0.05) is 6.04 Å². The molecule has 1 rings (SSSR count). The van der Waals surface area contributed by atoms with Gasteiger partial charge in [-0.05, 0) is 13.8 Å². The van der Waals surface area contributed by atoms with Gasteiger partial charge in [-0.3, -0.25) is 0 Å². The first-order chi connectivity index (χ1) is 7.28. The summed E-state index contributed by atoms with van der Waals surface area (Å²) >= 11 is 0. The van der Waals surface area contributed by atoms with E-state index in [0.29, 0.717) is 0 Å². The third kappa shape index (κ3) is 4.05. The normalized spacial score (nSPS) is 15.9. The molecule has 1 heterocycles. The molecule has 0 saturated carbocycles. The van der Waals surface area contributed by atoms with Gasteiger partial charge in [-0.1, -0.05) is 5.10 Å². The van der Waals surface area contributed by atoms with E-state index in [1.807, 2.05) is 0 Å². The Morgan fingerprint density at radius 3 is 2.44 bits per heavy atom. The molecular formula is C8H13F3N4O. The van der Waals surface area contributed by atoms with Crippen LogP contribution in [0.5, 0.6) is 0 Å². The number of halogens is 3. The van der Waals surface area contributed by atoms with Crippen molar-refractivity contribution in [2.75, 3.05) is 5.32 Å². The van der Waals surface area contributed by atoms with E-state index >= 15 is 0 Å². The fourth-order valence-electron chi connectivity index (χ4n) is 1.09. The molecule has 92 valence electrons. The minimum Gasteiger partial charge on any atom is -0.406 e. The van der Waals surface area contributed by atoms with Crippen LogP contribution in [-0.2, 0) is 0 Å². The molecule has 2 atom stereocenters. The maximum Gasteiger partial charge on any atom is 0.391 e. The largest absolute Gasteiger partial charge is 0.406 e. The van der Waals surface area contributed by atoms with Gasteiger partial charge in [-0.2, -0.15) is 13.2 Å². The number of aromatic nitrogens is 2. The van der Waals surface area contributed by atoms with Crippen molar-refractivity contribution in [3.05, 3.63) is 5.89 Å². The number of alkyl halides is 3. The second-order valence-electron chi connectivity index (χ2n) is 3.60. The van der Waals surface area contributed by atoms with Crippen LogP contribution in [0.15, 0.2) is 4.42 Å². The quantitative estimate of drug-likeness (QED) is 0.836. The average molecular weight is 238 g/mol. The maximum absolute atomic E-state index is 12.0. The topological polar surface area (TPSA) is 77.0 Å². The summed E-state index contributed by atoms with van der Waals surface area (Å²) in [5, 5.41) is 9.57. The zero-order chi connectivity index (χ0) is 12.3. The van der Waals surface area contributed by atoms with Gasteiger partial charge in [0.1, 0.15) is 0 Å². The highest BCUT2D eigenvalue weighted by molar-refractivity contribution is 5.19. The summed E-state index contributed by atoms with van der Waals surface area (Å²) in [4.78, 5) is 0. The minimum atomic E-state index is -4.23. The van der Waals surface area contributed by atoms with Crippen LogP contribution in [0.25, 0.3) is 0 Å². The molecule has 16 heavy (non-hydrogen) atoms. The van der Waals surface area contributed by atoms with E-state index in [2.05, 4.69) is 15.5 Å². The van der Waals surface area contributed by atoms with Crippen LogP contribution >= 0.6 is 0 Å². The van der Waals surface area contributed by atoms with E-state index in [9.17, 15) is 13.2 Å². The Morgan fingerprint density at radius 2 is 2.00 bits per heavy atom. The lowest BCUT2D eigenvalue weighted by Crippen LogP contribution is -2.23. The van der Waals surface area contributed by atoms with E-state index < -0.39 is 24.7 Å². The minimum absolute atomic E-state index is 0.0518. The molecule has 0 fully saturated rings. The summed E-state index contributed by atoms with van der Waals surface area (Å²) in [7, 11) is 0. The molecule has 0 aromatic carbocycles. The molecule has 0 spiro atoms. The second kappa shape index (κ2) is 4.69. The van der Waals surface area contributed by atoms with Crippen molar-refractivity contribution in [2.45, 2.75) is 38.5 Å². The van der Waals surface area contributed by atoms with Crippen molar-refractivity contribution in [2.24, 2.45) is 5.73 Å². The Morgan fingerprint density at radius 1 is 1.38 bits per heavy atom. The van der Waals surface area contributed by atoms with Gasteiger partial charge in [-0.15, -0.1) is 5.10 Å². The molecule has 0 aliphatic heterocycles. The van der Waals surface area contributed by atoms with Crippen molar-refractivity contribution in [3.63, 3.8) is 0 Å². The molecule has 0 aliphatic rings. The molecule has 8 heteroatoms. The first-order valence-corrected chi connectivity index (χ1v) is 4.70. The van der Waals surface area contributed by atoms with E-state index in [0.717, 1.165) is 0 Å². The standard InChI is InChI=1S/C8H13F3N4O/c1-4(3-8(9,10)11)13-7-15-14-6(16-7)5(2)12/h4-5H,3,12H2,1-2H3,(H,13,15). The molecule has 0 bridgehead atoms. The molecule has 0 amide bonds. The van der Waals surface area contributed by atoms with Crippen molar-refractivity contribution in [1.82, 2.24) is 10.2 Å². The third-order valence-electron chi connectivity index (χ3n) is 1.74. The summed E-state index contributed by atoms with van der Waals surface area (Å²) < 4.78 is 41.1. The second-order valence-corrected chi connectivity index (χ2v) is 3.60. The first kappa shape index (κ1) is 12.8. The Labute approximate surface area is 90.2 Å². The number of nitrogens with one attached hydrogen (secondary N) is 1. The smallest absolute Gasteiger partial charge is 0.391 e. The monoisotopic (exact) mass is 238 g/mol. The zero-order valence-corrected chi connectivity index (χ0v) is 8.88.